The van der Waals surface area contributed by atoms with E-state index in [2.05, 4.69) is 26.4 Å². The van der Waals surface area contributed by atoms with Gasteiger partial charge in [-0.25, -0.2) is 15.0 Å². The van der Waals surface area contributed by atoms with Crippen molar-refractivity contribution in [1.82, 2.24) is 19.5 Å². The van der Waals surface area contributed by atoms with Crippen molar-refractivity contribution in [3.8, 4) is 5.75 Å². The molecule has 0 amide bonds. The molecule has 0 spiro atoms. The molecule has 0 unspecified atom stereocenters. The van der Waals surface area contributed by atoms with E-state index in [1.807, 2.05) is 6.20 Å². The van der Waals surface area contributed by atoms with Crippen LogP contribution in [0.4, 0.5) is 0 Å². The first kappa shape index (κ1) is 11.9. The van der Waals surface area contributed by atoms with Gasteiger partial charge in [-0.1, -0.05) is 11.6 Å². The summed E-state index contributed by atoms with van der Waals surface area (Å²) in [5, 5.41) is 0.326. The second-order valence-electron chi connectivity index (χ2n) is 3.45. The summed E-state index contributed by atoms with van der Waals surface area (Å²) in [6.07, 6.45) is 5.71. The summed E-state index contributed by atoms with van der Waals surface area (Å²) in [7, 11) is 1.56. The van der Waals surface area contributed by atoms with Crippen LogP contribution in [-0.2, 0) is 13.0 Å². The van der Waals surface area contributed by atoms with Crippen molar-refractivity contribution in [2.45, 2.75) is 19.9 Å². The highest BCUT2D eigenvalue weighted by atomic mass is 35.5. The number of halogens is 1. The summed E-state index contributed by atoms with van der Waals surface area (Å²) < 4.78 is 7.26. The van der Waals surface area contributed by atoms with E-state index in [9.17, 15) is 0 Å². The van der Waals surface area contributed by atoms with Crippen LogP contribution in [0, 0.1) is 0 Å². The number of aromatic nitrogens is 4. The fourth-order valence-electron chi connectivity index (χ4n) is 1.66. The number of hydrogen-bond acceptors (Lipinski definition) is 4. The maximum atomic E-state index is 5.94. The van der Waals surface area contributed by atoms with E-state index in [-0.39, 0.29) is 0 Å². The van der Waals surface area contributed by atoms with Gasteiger partial charge in [-0.05, 0) is 6.92 Å². The standard InChI is InChI=1S/C11H13ClN4O/c1-3-16-5-4-13-9(16)6-8-10(17-2)11(12)15-7-14-8/h4-5,7H,3,6H2,1-2H3. The van der Waals surface area contributed by atoms with Crippen LogP contribution >= 0.6 is 11.6 Å². The Hall–Kier alpha value is -1.62. The molecule has 0 saturated heterocycles. The van der Waals surface area contributed by atoms with E-state index in [0.717, 1.165) is 18.1 Å². The zero-order valence-corrected chi connectivity index (χ0v) is 10.5. The van der Waals surface area contributed by atoms with Gasteiger partial charge in [0, 0.05) is 18.9 Å². The molecule has 0 fully saturated rings. The number of methoxy groups -OCH3 is 1. The molecule has 0 aliphatic carbocycles. The zero-order chi connectivity index (χ0) is 12.3. The van der Waals surface area contributed by atoms with Crippen molar-refractivity contribution in [2.24, 2.45) is 0 Å². The van der Waals surface area contributed by atoms with E-state index >= 15 is 0 Å². The molecule has 0 radical (unpaired) electrons. The summed E-state index contributed by atoms with van der Waals surface area (Å²) in [6.45, 7) is 2.94. The Bertz CT molecular complexity index is 512. The first-order valence-corrected chi connectivity index (χ1v) is 5.67. The number of ether oxygens (including phenoxy) is 1. The Morgan fingerprint density at radius 2 is 2.18 bits per heavy atom. The second kappa shape index (κ2) is 5.14. The van der Waals surface area contributed by atoms with Crippen LogP contribution in [0.25, 0.3) is 0 Å². The maximum absolute atomic E-state index is 5.94. The van der Waals surface area contributed by atoms with E-state index in [1.54, 1.807) is 13.3 Å². The molecule has 2 heterocycles. The molecule has 6 heteroatoms. The zero-order valence-electron chi connectivity index (χ0n) is 9.72. The molecule has 0 aliphatic rings. The van der Waals surface area contributed by atoms with Crippen molar-refractivity contribution in [2.75, 3.05) is 7.11 Å². The fourth-order valence-corrected chi connectivity index (χ4v) is 1.89. The van der Waals surface area contributed by atoms with Crippen LogP contribution in [-0.4, -0.2) is 26.6 Å². The predicted octanol–water partition coefficient (Wildman–Crippen LogP) is 1.95. The quantitative estimate of drug-likeness (QED) is 0.781. The number of aryl methyl sites for hydroxylation is 1. The lowest BCUT2D eigenvalue weighted by molar-refractivity contribution is 0.405. The van der Waals surface area contributed by atoms with Gasteiger partial charge in [-0.2, -0.15) is 0 Å². The maximum Gasteiger partial charge on any atom is 0.178 e. The Morgan fingerprint density at radius 3 is 2.88 bits per heavy atom. The van der Waals surface area contributed by atoms with Crippen molar-refractivity contribution in [3.05, 3.63) is 35.4 Å². The van der Waals surface area contributed by atoms with Crippen LogP contribution < -0.4 is 4.74 Å². The molecule has 2 aromatic heterocycles. The summed E-state index contributed by atoms with van der Waals surface area (Å²) in [5.41, 5.74) is 0.744. The predicted molar refractivity (Wildman–Crippen MR) is 64.3 cm³/mol. The Labute approximate surface area is 104 Å². The van der Waals surface area contributed by atoms with Crippen LogP contribution in [0.3, 0.4) is 0 Å². The summed E-state index contributed by atoms with van der Waals surface area (Å²) in [5.74, 6) is 1.44. The summed E-state index contributed by atoms with van der Waals surface area (Å²) in [6, 6.07) is 0. The lowest BCUT2D eigenvalue weighted by Crippen LogP contribution is -2.05. The largest absolute Gasteiger partial charge is 0.492 e. The normalized spacial score (nSPS) is 10.5. The average molecular weight is 253 g/mol. The molecule has 0 aliphatic heterocycles. The van der Waals surface area contributed by atoms with E-state index in [4.69, 9.17) is 16.3 Å². The number of hydrogen-bond donors (Lipinski definition) is 0. The second-order valence-corrected chi connectivity index (χ2v) is 3.81. The third-order valence-corrected chi connectivity index (χ3v) is 2.78. The number of imidazole rings is 1. The summed E-state index contributed by atoms with van der Waals surface area (Å²) in [4.78, 5) is 12.4. The molecule has 5 nitrogen and oxygen atoms in total. The third-order valence-electron chi connectivity index (χ3n) is 2.51. The monoisotopic (exact) mass is 252 g/mol. The molecule has 90 valence electrons. The van der Waals surface area contributed by atoms with Gasteiger partial charge in [0.15, 0.2) is 10.9 Å². The van der Waals surface area contributed by atoms with Crippen molar-refractivity contribution in [3.63, 3.8) is 0 Å². The first-order chi connectivity index (χ1) is 8.26. The van der Waals surface area contributed by atoms with Gasteiger partial charge in [-0.15, -0.1) is 0 Å². The average Bonchev–Trinajstić information content (AvgIpc) is 2.77. The lowest BCUT2D eigenvalue weighted by Gasteiger charge is -2.08. The Balaban J connectivity index is 2.33. The molecular weight excluding hydrogens is 240 g/mol. The Kier molecular flexibility index (Phi) is 3.58. The van der Waals surface area contributed by atoms with Gasteiger partial charge in [0.05, 0.1) is 19.2 Å². The minimum atomic E-state index is 0.326. The smallest absolute Gasteiger partial charge is 0.178 e. The number of rotatable bonds is 4. The topological polar surface area (TPSA) is 52.8 Å². The SMILES string of the molecule is CCn1ccnc1Cc1ncnc(Cl)c1OC. The third kappa shape index (κ3) is 2.39. The molecule has 2 rings (SSSR count). The van der Waals surface area contributed by atoms with Crippen LogP contribution in [0.1, 0.15) is 18.4 Å². The molecule has 17 heavy (non-hydrogen) atoms. The van der Waals surface area contributed by atoms with E-state index in [1.165, 1.54) is 6.33 Å². The Morgan fingerprint density at radius 1 is 1.35 bits per heavy atom. The molecule has 0 atom stereocenters. The minimum absolute atomic E-state index is 0.326. The van der Waals surface area contributed by atoms with E-state index in [0.29, 0.717) is 17.3 Å². The summed E-state index contributed by atoms with van der Waals surface area (Å²) >= 11 is 5.94. The van der Waals surface area contributed by atoms with Gasteiger partial charge in [0.25, 0.3) is 0 Å². The van der Waals surface area contributed by atoms with Gasteiger partial charge >= 0.3 is 0 Å². The van der Waals surface area contributed by atoms with Gasteiger partial charge in [0.2, 0.25) is 0 Å². The lowest BCUT2D eigenvalue weighted by atomic mass is 10.2. The van der Waals surface area contributed by atoms with Gasteiger partial charge in [0.1, 0.15) is 12.2 Å². The van der Waals surface area contributed by atoms with Crippen molar-refractivity contribution < 1.29 is 4.74 Å². The highest BCUT2D eigenvalue weighted by molar-refractivity contribution is 6.30. The molecule has 2 aromatic rings. The highest BCUT2D eigenvalue weighted by Crippen LogP contribution is 2.25. The first-order valence-electron chi connectivity index (χ1n) is 5.29. The van der Waals surface area contributed by atoms with Crippen LogP contribution in [0.5, 0.6) is 5.75 Å². The van der Waals surface area contributed by atoms with Crippen LogP contribution in [0.15, 0.2) is 18.7 Å². The fraction of sp³-hybridized carbons (Fsp3) is 0.364. The minimum Gasteiger partial charge on any atom is -0.492 e. The molecule has 0 aromatic carbocycles. The van der Waals surface area contributed by atoms with Gasteiger partial charge < -0.3 is 9.30 Å². The molecule has 0 saturated carbocycles. The highest BCUT2D eigenvalue weighted by Gasteiger charge is 2.13. The van der Waals surface area contributed by atoms with Crippen molar-refractivity contribution in [1.29, 1.82) is 0 Å². The van der Waals surface area contributed by atoms with Crippen molar-refractivity contribution >= 4 is 11.6 Å². The van der Waals surface area contributed by atoms with E-state index < -0.39 is 0 Å². The molecule has 0 bridgehead atoms. The van der Waals surface area contributed by atoms with Gasteiger partial charge in [-0.3, -0.25) is 0 Å². The number of nitrogens with zero attached hydrogens (tertiary/aromatic N) is 4. The van der Waals surface area contributed by atoms with Crippen LogP contribution in [0.2, 0.25) is 5.15 Å². The molecule has 0 N–H and O–H groups in total. The molecular formula is C11H13ClN4O.